The first-order chi connectivity index (χ1) is 8.94. The largest absolute Gasteiger partial charge is 0.481 e. The van der Waals surface area contributed by atoms with Gasteiger partial charge < -0.3 is 5.11 Å². The van der Waals surface area contributed by atoms with E-state index in [0.29, 0.717) is 6.04 Å². The number of carbonyl (C=O) groups is 1. The molecule has 1 aromatic carbocycles. The number of benzene rings is 1. The molecule has 0 aliphatic carbocycles. The Balaban J connectivity index is 2.06. The molecule has 0 aromatic heterocycles. The highest BCUT2D eigenvalue weighted by Crippen LogP contribution is 2.35. The normalized spacial score (nSPS) is 21.0. The van der Waals surface area contributed by atoms with Gasteiger partial charge in [0.25, 0.3) is 0 Å². The molecule has 1 aliphatic heterocycles. The molecule has 3 heteroatoms. The van der Waals surface area contributed by atoms with E-state index >= 15 is 0 Å². The second kappa shape index (κ2) is 5.33. The number of hydrogen-bond acceptors (Lipinski definition) is 2. The van der Waals surface area contributed by atoms with Crippen molar-refractivity contribution in [3.05, 3.63) is 35.4 Å². The average Bonchev–Trinajstić information content (AvgIpc) is 2.39. The molecule has 0 radical (unpaired) electrons. The van der Waals surface area contributed by atoms with Crippen LogP contribution in [0.2, 0.25) is 0 Å². The first kappa shape index (κ1) is 14.1. The van der Waals surface area contributed by atoms with Crippen molar-refractivity contribution < 1.29 is 9.90 Å². The van der Waals surface area contributed by atoms with Crippen LogP contribution in [-0.4, -0.2) is 29.1 Å². The van der Waals surface area contributed by atoms with Gasteiger partial charge in [0, 0.05) is 6.04 Å². The molecule has 0 spiro atoms. The number of aliphatic carboxylic acids is 1. The summed E-state index contributed by atoms with van der Waals surface area (Å²) in [5.41, 5.74) is 2.12. The second-order valence-electron chi connectivity index (χ2n) is 5.93. The summed E-state index contributed by atoms with van der Waals surface area (Å²) in [7, 11) is 0. The van der Waals surface area contributed by atoms with E-state index in [4.69, 9.17) is 0 Å². The third-order valence-electron chi connectivity index (χ3n) is 4.60. The SMILES string of the molecule is Cc1ccccc1C(C)N1CCC(C)(C(=O)O)CC1. The molecule has 1 aromatic rings. The lowest BCUT2D eigenvalue weighted by Gasteiger charge is -2.40. The van der Waals surface area contributed by atoms with Gasteiger partial charge in [-0.2, -0.15) is 0 Å². The Kier molecular flexibility index (Phi) is 3.95. The monoisotopic (exact) mass is 261 g/mol. The molecule has 0 amide bonds. The Morgan fingerprint density at radius 1 is 1.32 bits per heavy atom. The van der Waals surface area contributed by atoms with Crippen LogP contribution >= 0.6 is 0 Å². The zero-order valence-corrected chi connectivity index (χ0v) is 12.0. The number of rotatable bonds is 3. The predicted molar refractivity (Wildman–Crippen MR) is 76.1 cm³/mol. The Hall–Kier alpha value is -1.35. The van der Waals surface area contributed by atoms with E-state index in [1.165, 1.54) is 11.1 Å². The van der Waals surface area contributed by atoms with Crippen LogP contribution in [0, 0.1) is 12.3 Å². The topological polar surface area (TPSA) is 40.5 Å². The Labute approximate surface area is 115 Å². The van der Waals surface area contributed by atoms with E-state index in [1.807, 2.05) is 6.92 Å². The van der Waals surface area contributed by atoms with Gasteiger partial charge in [0.1, 0.15) is 0 Å². The first-order valence-electron chi connectivity index (χ1n) is 6.97. The summed E-state index contributed by atoms with van der Waals surface area (Å²) in [6.45, 7) is 7.94. The predicted octanol–water partition coefficient (Wildman–Crippen LogP) is 3.24. The summed E-state index contributed by atoms with van der Waals surface area (Å²) >= 11 is 0. The van der Waals surface area contributed by atoms with E-state index < -0.39 is 11.4 Å². The van der Waals surface area contributed by atoms with E-state index in [2.05, 4.69) is 43.0 Å². The van der Waals surface area contributed by atoms with Crippen molar-refractivity contribution in [3.63, 3.8) is 0 Å². The average molecular weight is 261 g/mol. The molecule has 1 heterocycles. The summed E-state index contributed by atoms with van der Waals surface area (Å²) in [6.07, 6.45) is 1.47. The lowest BCUT2D eigenvalue weighted by molar-refractivity contribution is -0.151. The molecule has 2 rings (SSSR count). The highest BCUT2D eigenvalue weighted by molar-refractivity contribution is 5.74. The molecule has 1 N–H and O–H groups in total. The lowest BCUT2D eigenvalue weighted by Crippen LogP contribution is -2.43. The Morgan fingerprint density at radius 3 is 2.42 bits per heavy atom. The minimum atomic E-state index is -0.657. The van der Waals surface area contributed by atoms with E-state index in [0.717, 1.165) is 25.9 Å². The fourth-order valence-electron chi connectivity index (χ4n) is 2.87. The van der Waals surface area contributed by atoms with Gasteiger partial charge in [-0.15, -0.1) is 0 Å². The highest BCUT2D eigenvalue weighted by atomic mass is 16.4. The molecule has 1 unspecified atom stereocenters. The summed E-state index contributed by atoms with van der Waals surface area (Å²) in [5, 5.41) is 9.26. The lowest BCUT2D eigenvalue weighted by atomic mass is 9.80. The second-order valence-corrected chi connectivity index (χ2v) is 5.93. The van der Waals surface area contributed by atoms with Gasteiger partial charge in [-0.3, -0.25) is 9.69 Å². The standard InChI is InChI=1S/C16H23NO2/c1-12-6-4-5-7-14(12)13(2)17-10-8-16(3,9-11-17)15(18)19/h4-7,13H,8-11H2,1-3H3,(H,18,19). The van der Waals surface area contributed by atoms with Crippen LogP contribution in [-0.2, 0) is 4.79 Å². The molecule has 104 valence electrons. The number of piperidine rings is 1. The number of carboxylic acids is 1. The summed E-state index contributed by atoms with van der Waals surface area (Å²) < 4.78 is 0. The van der Waals surface area contributed by atoms with Crippen molar-refractivity contribution in [3.8, 4) is 0 Å². The van der Waals surface area contributed by atoms with Gasteiger partial charge in [-0.25, -0.2) is 0 Å². The van der Waals surface area contributed by atoms with Crippen LogP contribution in [0.15, 0.2) is 24.3 Å². The van der Waals surface area contributed by atoms with E-state index in [-0.39, 0.29) is 0 Å². The van der Waals surface area contributed by atoms with Crippen LogP contribution in [0.5, 0.6) is 0 Å². The molecular formula is C16H23NO2. The van der Waals surface area contributed by atoms with Crippen molar-refractivity contribution in [2.45, 2.75) is 39.7 Å². The molecule has 0 bridgehead atoms. The van der Waals surface area contributed by atoms with Crippen LogP contribution in [0.25, 0.3) is 0 Å². The Morgan fingerprint density at radius 2 is 1.89 bits per heavy atom. The molecule has 0 saturated carbocycles. The zero-order valence-electron chi connectivity index (χ0n) is 12.0. The molecular weight excluding hydrogens is 238 g/mol. The summed E-state index contributed by atoms with van der Waals surface area (Å²) in [5.74, 6) is -0.657. The van der Waals surface area contributed by atoms with E-state index in [1.54, 1.807) is 0 Å². The van der Waals surface area contributed by atoms with Crippen LogP contribution in [0.3, 0.4) is 0 Å². The van der Waals surface area contributed by atoms with Crippen molar-refractivity contribution in [1.29, 1.82) is 0 Å². The molecule has 3 nitrogen and oxygen atoms in total. The number of nitrogens with zero attached hydrogens (tertiary/aromatic N) is 1. The first-order valence-corrected chi connectivity index (χ1v) is 6.97. The minimum absolute atomic E-state index is 0.361. The molecule has 1 saturated heterocycles. The smallest absolute Gasteiger partial charge is 0.309 e. The summed E-state index contributed by atoms with van der Waals surface area (Å²) in [6, 6.07) is 8.80. The molecule has 1 fully saturated rings. The maximum Gasteiger partial charge on any atom is 0.309 e. The number of carboxylic acid groups (broad SMARTS) is 1. The maximum atomic E-state index is 11.3. The third-order valence-corrected chi connectivity index (χ3v) is 4.60. The third kappa shape index (κ3) is 2.81. The minimum Gasteiger partial charge on any atom is -0.481 e. The quantitative estimate of drug-likeness (QED) is 0.908. The number of likely N-dealkylation sites (tertiary alicyclic amines) is 1. The number of hydrogen-bond donors (Lipinski definition) is 1. The Bertz CT molecular complexity index is 462. The highest BCUT2D eigenvalue weighted by Gasteiger charge is 2.38. The van der Waals surface area contributed by atoms with Crippen molar-refractivity contribution in [2.24, 2.45) is 5.41 Å². The summed E-state index contributed by atoms with van der Waals surface area (Å²) in [4.78, 5) is 13.7. The van der Waals surface area contributed by atoms with Gasteiger partial charge >= 0.3 is 5.97 Å². The van der Waals surface area contributed by atoms with Crippen LogP contribution in [0.1, 0.15) is 43.9 Å². The van der Waals surface area contributed by atoms with E-state index in [9.17, 15) is 9.90 Å². The maximum absolute atomic E-state index is 11.3. The van der Waals surface area contributed by atoms with Gasteiger partial charge in [-0.1, -0.05) is 24.3 Å². The fraction of sp³-hybridized carbons (Fsp3) is 0.562. The molecule has 1 aliphatic rings. The van der Waals surface area contributed by atoms with Gasteiger partial charge in [0.15, 0.2) is 0 Å². The van der Waals surface area contributed by atoms with Crippen LogP contribution < -0.4 is 0 Å². The van der Waals surface area contributed by atoms with Gasteiger partial charge in [0.05, 0.1) is 5.41 Å². The van der Waals surface area contributed by atoms with Crippen molar-refractivity contribution in [1.82, 2.24) is 4.90 Å². The zero-order chi connectivity index (χ0) is 14.0. The van der Waals surface area contributed by atoms with Crippen molar-refractivity contribution >= 4 is 5.97 Å². The molecule has 19 heavy (non-hydrogen) atoms. The van der Waals surface area contributed by atoms with Gasteiger partial charge in [0.2, 0.25) is 0 Å². The van der Waals surface area contributed by atoms with Crippen LogP contribution in [0.4, 0.5) is 0 Å². The number of aryl methyl sites for hydroxylation is 1. The fourth-order valence-corrected chi connectivity index (χ4v) is 2.87. The molecule has 1 atom stereocenters. The van der Waals surface area contributed by atoms with Crippen molar-refractivity contribution in [2.75, 3.05) is 13.1 Å². The van der Waals surface area contributed by atoms with Gasteiger partial charge in [-0.05, 0) is 57.8 Å².